The molecule has 2 aromatic rings. The van der Waals surface area contributed by atoms with Crippen molar-refractivity contribution in [2.75, 3.05) is 0 Å². The zero-order valence-corrected chi connectivity index (χ0v) is 19.1. The molecule has 0 spiro atoms. The fourth-order valence-corrected chi connectivity index (χ4v) is 3.90. The zero-order chi connectivity index (χ0) is 24.3. The van der Waals surface area contributed by atoms with E-state index in [0.29, 0.717) is 31.0 Å². The van der Waals surface area contributed by atoms with E-state index in [4.69, 9.17) is 9.84 Å². The van der Waals surface area contributed by atoms with E-state index in [0.717, 1.165) is 0 Å². The number of hydrazone groups is 1. The maximum atomic E-state index is 13.2. The number of carboxylic acid groups (broad SMARTS) is 1. The first-order valence-electron chi connectivity index (χ1n) is 8.22. The highest BCUT2D eigenvalue weighted by molar-refractivity contribution is 14.1. The number of ether oxygens (including phenoxy) is 1. The van der Waals surface area contributed by atoms with E-state index in [-0.39, 0.29) is 17.7 Å². The maximum Gasteiger partial charge on any atom is 0.462 e. The molecule has 174 valence electrons. The third-order valence-electron chi connectivity index (χ3n) is 3.77. The molecule has 32 heavy (non-hydrogen) atoms. The average Bonchev–Trinajstić information content (AvgIpc) is 2.66. The van der Waals surface area contributed by atoms with Crippen molar-refractivity contribution in [2.45, 2.75) is 24.8 Å². The van der Waals surface area contributed by atoms with Crippen LogP contribution in [0.5, 0.6) is 5.75 Å². The molecular weight excluding hydrogens is 632 g/mol. The summed E-state index contributed by atoms with van der Waals surface area (Å²) in [5, 5.41) is 11.7. The molecule has 14 heteroatoms. The summed E-state index contributed by atoms with van der Waals surface area (Å²) in [5.41, 5.74) is 1.39. The summed E-state index contributed by atoms with van der Waals surface area (Å²) in [6, 6.07) is 2.90. The Kier molecular flexibility index (Phi) is 8.01. The number of benzene rings is 2. The Hall–Kier alpha value is -2.10. The van der Waals surface area contributed by atoms with Crippen molar-refractivity contribution in [3.63, 3.8) is 0 Å². The summed E-state index contributed by atoms with van der Waals surface area (Å²) in [5.74, 6) is -7.08. The van der Waals surface area contributed by atoms with Crippen LogP contribution in [0.15, 0.2) is 46.0 Å². The number of carbonyl (C=O) groups is 1. The number of rotatable bonds is 8. The minimum absolute atomic E-state index is 0.0578. The van der Waals surface area contributed by atoms with Crippen molar-refractivity contribution in [3.8, 4) is 5.75 Å². The van der Waals surface area contributed by atoms with Crippen molar-refractivity contribution in [3.05, 3.63) is 61.1 Å². The van der Waals surface area contributed by atoms with Crippen LogP contribution in [0.2, 0.25) is 0 Å². The molecule has 2 aromatic carbocycles. The van der Waals surface area contributed by atoms with Crippen LogP contribution in [0.4, 0.5) is 30.7 Å². The molecule has 5 nitrogen and oxygen atoms in total. The molecule has 0 saturated carbocycles. The Labute approximate surface area is 197 Å². The molecule has 0 radical (unpaired) electrons. The van der Waals surface area contributed by atoms with Crippen LogP contribution < -0.4 is 10.2 Å². The number of halogens is 9. The summed E-state index contributed by atoms with van der Waals surface area (Å²) in [4.78, 5) is 10.9. The van der Waals surface area contributed by atoms with Gasteiger partial charge in [0.05, 0.1) is 19.8 Å². The molecule has 0 bridgehead atoms. The average molecular weight is 643 g/mol. The van der Waals surface area contributed by atoms with E-state index in [1.54, 1.807) is 12.1 Å². The Morgan fingerprint density at radius 3 is 2.22 bits per heavy atom. The third-order valence-corrected chi connectivity index (χ3v) is 5.16. The lowest BCUT2D eigenvalue weighted by atomic mass is 10.1. The Bertz CT molecular complexity index is 992. The number of hydrogen-bond donors (Lipinski definition) is 2. The number of hydrogen-bond acceptors (Lipinski definition) is 4. The second kappa shape index (κ2) is 9.80. The fourth-order valence-electron chi connectivity index (χ4n) is 2.13. The molecule has 0 fully saturated rings. The van der Waals surface area contributed by atoms with Gasteiger partial charge in [0.15, 0.2) is 0 Å². The topological polar surface area (TPSA) is 70.9 Å². The molecule has 2 N–H and O–H groups in total. The molecule has 0 aliphatic rings. The van der Waals surface area contributed by atoms with Gasteiger partial charge in [0, 0.05) is 0 Å². The van der Waals surface area contributed by atoms with Crippen molar-refractivity contribution in [1.29, 1.82) is 0 Å². The van der Waals surface area contributed by atoms with Crippen LogP contribution >= 0.6 is 38.5 Å². The van der Waals surface area contributed by atoms with Gasteiger partial charge < -0.3 is 9.84 Å². The first kappa shape index (κ1) is 26.2. The minimum atomic E-state index is -6.47. The molecule has 0 aliphatic carbocycles. The van der Waals surface area contributed by atoms with Crippen molar-refractivity contribution >= 4 is 50.7 Å². The SMILES string of the molecule is O=C(O)c1ccc(COc2c(Br)cc(/C=N/NC(F)(F)C(F)(F)C(F)(F)F)cc2I)cc1. The van der Waals surface area contributed by atoms with E-state index < -0.39 is 24.1 Å². The number of carboxylic acids is 1. The van der Waals surface area contributed by atoms with Gasteiger partial charge in [-0.1, -0.05) is 12.1 Å². The quantitative estimate of drug-likeness (QED) is 0.121. The number of nitrogens with zero attached hydrogens (tertiary/aromatic N) is 1. The van der Waals surface area contributed by atoms with Crippen molar-refractivity contribution in [1.82, 2.24) is 5.43 Å². The first-order chi connectivity index (χ1) is 14.7. The van der Waals surface area contributed by atoms with Gasteiger partial charge in [0.1, 0.15) is 12.4 Å². The second-order valence-electron chi connectivity index (χ2n) is 6.12. The molecule has 0 atom stereocenters. The van der Waals surface area contributed by atoms with Crippen LogP contribution in [-0.2, 0) is 6.61 Å². The van der Waals surface area contributed by atoms with Crippen molar-refractivity contribution < 1.29 is 45.4 Å². The Morgan fingerprint density at radius 1 is 1.12 bits per heavy atom. The molecule has 0 aromatic heterocycles. The van der Waals surface area contributed by atoms with E-state index in [1.807, 2.05) is 22.6 Å². The van der Waals surface area contributed by atoms with Gasteiger partial charge in [0.25, 0.3) is 0 Å². The number of nitrogens with one attached hydrogen (secondary N) is 1. The zero-order valence-electron chi connectivity index (χ0n) is 15.4. The van der Waals surface area contributed by atoms with Crippen LogP contribution in [0.25, 0.3) is 0 Å². The standard InChI is InChI=1S/C18H11BrF7IN2O3/c19-12-5-10(7-28-29-18(25,26)16(20,21)17(22,23)24)6-13(27)14(12)32-8-9-1-3-11(4-2-9)15(30)31/h1-7,29H,8H2,(H,30,31)/b28-7+. The van der Waals surface area contributed by atoms with E-state index >= 15 is 0 Å². The number of alkyl halides is 7. The summed E-state index contributed by atoms with van der Waals surface area (Å²) in [6.07, 6.45) is -5.83. The lowest BCUT2D eigenvalue weighted by Gasteiger charge is -2.27. The van der Waals surface area contributed by atoms with E-state index in [2.05, 4.69) is 21.0 Å². The summed E-state index contributed by atoms with van der Waals surface area (Å²) in [6.45, 7) is 0.0578. The molecule has 0 heterocycles. The van der Waals surface area contributed by atoms with Gasteiger partial charge in [-0.25, -0.2) is 10.2 Å². The molecular formula is C18H11BrF7IN2O3. The smallest absolute Gasteiger partial charge is 0.462 e. The molecule has 0 amide bonds. The van der Waals surface area contributed by atoms with Gasteiger partial charge in [-0.15, -0.1) is 0 Å². The molecule has 2 rings (SSSR count). The van der Waals surface area contributed by atoms with Gasteiger partial charge in [-0.05, 0) is 73.9 Å². The van der Waals surface area contributed by atoms with E-state index in [9.17, 15) is 35.5 Å². The van der Waals surface area contributed by atoms with Crippen LogP contribution in [0.3, 0.4) is 0 Å². The fraction of sp³-hybridized carbons (Fsp3) is 0.222. The third kappa shape index (κ3) is 6.02. The van der Waals surface area contributed by atoms with Crippen LogP contribution in [0.1, 0.15) is 21.5 Å². The number of aromatic carboxylic acids is 1. The first-order valence-corrected chi connectivity index (χ1v) is 10.1. The normalized spacial score (nSPS) is 12.8. The largest absolute Gasteiger partial charge is 0.487 e. The second-order valence-corrected chi connectivity index (χ2v) is 8.14. The monoisotopic (exact) mass is 642 g/mol. The Balaban J connectivity index is 2.09. The maximum absolute atomic E-state index is 13.2. The van der Waals surface area contributed by atoms with Gasteiger partial charge in [-0.3, -0.25) is 0 Å². The lowest BCUT2D eigenvalue weighted by Crippen LogP contribution is -2.58. The highest BCUT2D eigenvalue weighted by Gasteiger charge is 2.73. The summed E-state index contributed by atoms with van der Waals surface area (Å²) >= 11 is 5.01. The lowest BCUT2D eigenvalue weighted by molar-refractivity contribution is -0.361. The molecule has 0 unspecified atom stereocenters. The van der Waals surface area contributed by atoms with Gasteiger partial charge in [-0.2, -0.15) is 35.8 Å². The molecule has 0 saturated heterocycles. The minimum Gasteiger partial charge on any atom is -0.487 e. The predicted molar refractivity (Wildman–Crippen MR) is 111 cm³/mol. The summed E-state index contributed by atoms with van der Waals surface area (Å²) < 4.78 is 94.8. The van der Waals surface area contributed by atoms with E-state index in [1.165, 1.54) is 24.3 Å². The van der Waals surface area contributed by atoms with Crippen LogP contribution in [0, 0.1) is 3.57 Å². The highest BCUT2D eigenvalue weighted by Crippen LogP contribution is 2.45. The van der Waals surface area contributed by atoms with Gasteiger partial charge >= 0.3 is 24.1 Å². The molecule has 0 aliphatic heterocycles. The highest BCUT2D eigenvalue weighted by atomic mass is 127. The summed E-state index contributed by atoms with van der Waals surface area (Å²) in [7, 11) is 0. The Morgan fingerprint density at radius 2 is 1.72 bits per heavy atom. The predicted octanol–water partition coefficient (Wildman–Crippen LogP) is 6.04. The van der Waals surface area contributed by atoms with Crippen LogP contribution in [-0.4, -0.2) is 35.4 Å². The van der Waals surface area contributed by atoms with Crippen molar-refractivity contribution in [2.24, 2.45) is 5.10 Å². The van der Waals surface area contributed by atoms with Gasteiger partial charge in [0.2, 0.25) is 0 Å².